The van der Waals surface area contributed by atoms with Gasteiger partial charge >= 0.3 is 0 Å². The van der Waals surface area contributed by atoms with E-state index in [4.69, 9.17) is 4.42 Å². The number of rotatable bonds is 2. The Labute approximate surface area is 92.7 Å². The van der Waals surface area contributed by atoms with E-state index in [9.17, 15) is 9.18 Å². The highest BCUT2D eigenvalue weighted by Gasteiger charge is 2.18. The van der Waals surface area contributed by atoms with Crippen LogP contribution in [0.2, 0.25) is 0 Å². The molecule has 0 spiro atoms. The predicted octanol–water partition coefficient (Wildman–Crippen LogP) is 3.27. The fourth-order valence-electron chi connectivity index (χ4n) is 1.54. The molecule has 1 heterocycles. The maximum atomic E-state index is 13.5. The van der Waals surface area contributed by atoms with Crippen molar-refractivity contribution in [3.05, 3.63) is 58.8 Å². The lowest BCUT2D eigenvalue weighted by Crippen LogP contribution is -2.04. The number of aryl methyl sites for hydroxylation is 2. The van der Waals surface area contributed by atoms with Crippen LogP contribution < -0.4 is 0 Å². The molecule has 1 aromatic carbocycles. The van der Waals surface area contributed by atoms with Crippen LogP contribution in [0, 0.1) is 19.7 Å². The monoisotopic (exact) mass is 218 g/mol. The Balaban J connectivity index is 2.49. The lowest BCUT2D eigenvalue weighted by molar-refractivity contribution is 0.100. The van der Waals surface area contributed by atoms with E-state index in [2.05, 4.69) is 0 Å². The summed E-state index contributed by atoms with van der Waals surface area (Å²) in [6, 6.07) is 6.13. The summed E-state index contributed by atoms with van der Waals surface area (Å²) in [5.74, 6) is -0.736. The van der Waals surface area contributed by atoms with Gasteiger partial charge in [-0.2, -0.15) is 0 Å². The van der Waals surface area contributed by atoms with E-state index < -0.39 is 11.6 Å². The molecule has 0 N–H and O–H groups in total. The Morgan fingerprint density at radius 2 is 2.00 bits per heavy atom. The van der Waals surface area contributed by atoms with Gasteiger partial charge in [-0.1, -0.05) is 11.6 Å². The highest BCUT2D eigenvalue weighted by atomic mass is 19.1. The van der Waals surface area contributed by atoms with Gasteiger partial charge in [0, 0.05) is 0 Å². The molecule has 2 rings (SSSR count). The first-order chi connectivity index (χ1) is 7.59. The van der Waals surface area contributed by atoms with E-state index >= 15 is 0 Å². The van der Waals surface area contributed by atoms with E-state index in [0.29, 0.717) is 5.56 Å². The number of benzene rings is 1. The topological polar surface area (TPSA) is 30.2 Å². The Morgan fingerprint density at radius 3 is 2.62 bits per heavy atom. The first-order valence-corrected chi connectivity index (χ1v) is 4.94. The van der Waals surface area contributed by atoms with Gasteiger partial charge in [-0.15, -0.1) is 0 Å². The second-order valence-corrected chi connectivity index (χ2v) is 3.75. The lowest BCUT2D eigenvalue weighted by atomic mass is 10.0. The Bertz CT molecular complexity index is 541. The zero-order valence-corrected chi connectivity index (χ0v) is 9.08. The summed E-state index contributed by atoms with van der Waals surface area (Å²) in [4.78, 5) is 12.0. The molecule has 16 heavy (non-hydrogen) atoms. The summed E-state index contributed by atoms with van der Waals surface area (Å²) in [5.41, 5.74) is 1.61. The molecular formula is C13H11FO2. The molecule has 2 nitrogen and oxygen atoms in total. The molecule has 3 heteroatoms. The van der Waals surface area contributed by atoms with Crippen molar-refractivity contribution in [1.29, 1.82) is 0 Å². The third kappa shape index (κ3) is 1.76. The summed E-state index contributed by atoms with van der Waals surface area (Å²) >= 11 is 0. The maximum absolute atomic E-state index is 13.5. The fourth-order valence-corrected chi connectivity index (χ4v) is 1.54. The first-order valence-electron chi connectivity index (χ1n) is 4.94. The van der Waals surface area contributed by atoms with Crippen molar-refractivity contribution >= 4 is 5.78 Å². The Hall–Kier alpha value is -1.90. The minimum atomic E-state index is -0.522. The summed E-state index contributed by atoms with van der Waals surface area (Å²) in [6.45, 7) is 3.57. The Kier molecular flexibility index (Phi) is 2.60. The molecule has 0 amide bonds. The van der Waals surface area contributed by atoms with Crippen molar-refractivity contribution in [1.82, 2.24) is 0 Å². The molecule has 0 aliphatic heterocycles. The molecule has 1 aromatic heterocycles. The van der Waals surface area contributed by atoms with Crippen molar-refractivity contribution in [3.8, 4) is 0 Å². The molecule has 0 saturated heterocycles. The second-order valence-electron chi connectivity index (χ2n) is 3.75. The highest BCUT2D eigenvalue weighted by molar-refractivity contribution is 6.08. The van der Waals surface area contributed by atoms with Crippen molar-refractivity contribution in [2.45, 2.75) is 13.8 Å². The number of hydrogen-bond donors (Lipinski definition) is 0. The predicted molar refractivity (Wildman–Crippen MR) is 58.0 cm³/mol. The maximum Gasteiger partial charge on any atom is 0.231 e. The van der Waals surface area contributed by atoms with Crippen LogP contribution >= 0.6 is 0 Å². The van der Waals surface area contributed by atoms with Gasteiger partial charge in [0.25, 0.3) is 0 Å². The van der Waals surface area contributed by atoms with Gasteiger partial charge in [0.05, 0.1) is 11.8 Å². The summed E-state index contributed by atoms with van der Waals surface area (Å²) in [5, 5.41) is 0. The van der Waals surface area contributed by atoms with Gasteiger partial charge in [-0.3, -0.25) is 4.79 Å². The summed E-state index contributed by atoms with van der Waals surface area (Å²) in [6.07, 6.45) is 1.43. The lowest BCUT2D eigenvalue weighted by Gasteiger charge is -2.02. The highest BCUT2D eigenvalue weighted by Crippen LogP contribution is 2.18. The third-order valence-electron chi connectivity index (χ3n) is 2.43. The van der Waals surface area contributed by atoms with Crippen LogP contribution in [-0.4, -0.2) is 5.78 Å². The van der Waals surface area contributed by atoms with Gasteiger partial charge in [0.1, 0.15) is 5.82 Å². The molecule has 0 unspecified atom stereocenters. The van der Waals surface area contributed by atoms with Crippen molar-refractivity contribution in [2.75, 3.05) is 0 Å². The molecule has 0 bridgehead atoms. The van der Waals surface area contributed by atoms with E-state index in [1.807, 2.05) is 6.92 Å². The molecule has 82 valence electrons. The molecule has 2 aromatic rings. The van der Waals surface area contributed by atoms with Crippen molar-refractivity contribution in [2.24, 2.45) is 0 Å². The molecule has 0 atom stereocenters. The summed E-state index contributed by atoms with van der Waals surface area (Å²) < 4.78 is 18.5. The average molecular weight is 218 g/mol. The molecule has 0 fully saturated rings. The molecule has 0 aliphatic rings. The van der Waals surface area contributed by atoms with Crippen LogP contribution in [0.5, 0.6) is 0 Å². The number of furan rings is 1. The van der Waals surface area contributed by atoms with Gasteiger partial charge in [0.15, 0.2) is 5.76 Å². The van der Waals surface area contributed by atoms with Crippen LogP contribution in [0.1, 0.15) is 27.2 Å². The number of ketones is 1. The number of carbonyl (C=O) groups is 1. The second kappa shape index (κ2) is 3.93. The van der Waals surface area contributed by atoms with E-state index in [1.165, 1.54) is 18.4 Å². The first kappa shape index (κ1) is 10.6. The van der Waals surface area contributed by atoms with Gasteiger partial charge in [0.2, 0.25) is 5.78 Å². The summed E-state index contributed by atoms with van der Waals surface area (Å²) in [7, 11) is 0. The van der Waals surface area contributed by atoms with Gasteiger partial charge < -0.3 is 4.42 Å². The normalized spacial score (nSPS) is 10.4. The number of halogens is 1. The standard InChI is InChI=1S/C13H11FO2/c1-8-3-4-11(14)10(7-8)12(15)13-9(2)5-6-16-13/h3-7H,1-2H3. The van der Waals surface area contributed by atoms with Crippen molar-refractivity contribution < 1.29 is 13.6 Å². The molecule has 0 aliphatic carbocycles. The average Bonchev–Trinajstić information content (AvgIpc) is 2.67. The van der Waals surface area contributed by atoms with Crippen LogP contribution in [0.25, 0.3) is 0 Å². The minimum Gasteiger partial charge on any atom is -0.461 e. The minimum absolute atomic E-state index is 0.0537. The molecule has 0 saturated carbocycles. The SMILES string of the molecule is Cc1ccc(F)c(C(=O)c2occc2C)c1. The zero-order chi connectivity index (χ0) is 11.7. The van der Waals surface area contributed by atoms with Gasteiger partial charge in [-0.25, -0.2) is 4.39 Å². The van der Waals surface area contributed by atoms with E-state index in [0.717, 1.165) is 5.56 Å². The number of hydrogen-bond acceptors (Lipinski definition) is 2. The zero-order valence-electron chi connectivity index (χ0n) is 9.08. The van der Waals surface area contributed by atoms with Crippen LogP contribution in [0.4, 0.5) is 4.39 Å². The van der Waals surface area contributed by atoms with Gasteiger partial charge in [-0.05, 0) is 37.6 Å². The quantitative estimate of drug-likeness (QED) is 0.724. The van der Waals surface area contributed by atoms with E-state index in [1.54, 1.807) is 19.1 Å². The van der Waals surface area contributed by atoms with Crippen LogP contribution in [-0.2, 0) is 0 Å². The third-order valence-corrected chi connectivity index (χ3v) is 2.43. The largest absolute Gasteiger partial charge is 0.461 e. The molecule has 0 radical (unpaired) electrons. The number of carbonyl (C=O) groups excluding carboxylic acids is 1. The fraction of sp³-hybridized carbons (Fsp3) is 0.154. The van der Waals surface area contributed by atoms with E-state index in [-0.39, 0.29) is 11.3 Å². The molecular weight excluding hydrogens is 207 g/mol. The smallest absolute Gasteiger partial charge is 0.231 e. The Morgan fingerprint density at radius 1 is 1.25 bits per heavy atom. The van der Waals surface area contributed by atoms with Crippen LogP contribution in [0.15, 0.2) is 34.9 Å². The van der Waals surface area contributed by atoms with Crippen LogP contribution in [0.3, 0.4) is 0 Å². The van der Waals surface area contributed by atoms with Crippen molar-refractivity contribution in [3.63, 3.8) is 0 Å².